The van der Waals surface area contributed by atoms with Crippen LogP contribution in [0.3, 0.4) is 0 Å². The maximum Gasteiger partial charge on any atom is 0.276 e. The molecule has 1 unspecified atom stereocenters. The number of anilines is 1. The van der Waals surface area contributed by atoms with Crippen molar-refractivity contribution in [2.45, 2.75) is 17.4 Å². The summed E-state index contributed by atoms with van der Waals surface area (Å²) in [5.41, 5.74) is -0.475. The molecule has 1 aromatic carbocycles. The molecule has 2 heterocycles. The number of amides is 1. The van der Waals surface area contributed by atoms with Crippen molar-refractivity contribution >= 4 is 22.6 Å². The number of nitrogens with zero attached hydrogens (tertiary/aromatic N) is 2. The van der Waals surface area contributed by atoms with Crippen LogP contribution in [-0.4, -0.2) is 26.8 Å². The van der Waals surface area contributed by atoms with E-state index < -0.39 is 28.2 Å². The Morgan fingerprint density at radius 1 is 1.59 bits per heavy atom. The Hall–Kier alpha value is -2.96. The van der Waals surface area contributed by atoms with Crippen molar-refractivity contribution in [3.63, 3.8) is 0 Å². The van der Waals surface area contributed by atoms with Gasteiger partial charge in [0.05, 0.1) is 11.1 Å². The maximum absolute atomic E-state index is 13.5. The van der Waals surface area contributed by atoms with Crippen LogP contribution in [0.25, 0.3) is 0 Å². The van der Waals surface area contributed by atoms with E-state index in [0.29, 0.717) is 4.90 Å². The number of halogens is 1. The van der Waals surface area contributed by atoms with Crippen molar-refractivity contribution < 1.29 is 18.1 Å². The van der Waals surface area contributed by atoms with E-state index in [1.165, 1.54) is 16.7 Å². The lowest BCUT2D eigenvalue weighted by molar-refractivity contribution is 0.101. The summed E-state index contributed by atoms with van der Waals surface area (Å²) in [5, 5.41) is 11.5. The third-order valence-electron chi connectivity index (χ3n) is 4.15. The molecule has 9 heteroatoms. The Kier molecular flexibility index (Phi) is 4.87. The lowest BCUT2D eigenvalue weighted by Crippen LogP contribution is -2.44. The summed E-state index contributed by atoms with van der Waals surface area (Å²) in [7, 11) is 0.0250. The minimum Gasteiger partial charge on any atom is -0.487 e. The highest BCUT2D eigenvalue weighted by Gasteiger charge is 2.34. The van der Waals surface area contributed by atoms with Crippen molar-refractivity contribution in [2.24, 2.45) is 7.05 Å². The molecule has 2 aromatic rings. The molecule has 0 fully saturated rings. The molecule has 7 nitrogen and oxygen atoms in total. The van der Waals surface area contributed by atoms with Gasteiger partial charge in [0.15, 0.2) is 11.4 Å². The molecule has 2 atom stereocenters. The number of ether oxygens (including phenoxy) is 1. The molecule has 2 N–H and O–H groups in total. The van der Waals surface area contributed by atoms with Crippen LogP contribution in [0.5, 0.6) is 5.75 Å². The molecule has 140 valence electrons. The van der Waals surface area contributed by atoms with Crippen LogP contribution >= 0.6 is 0 Å². The van der Waals surface area contributed by atoms with E-state index in [9.17, 15) is 13.4 Å². The van der Waals surface area contributed by atoms with Gasteiger partial charge >= 0.3 is 0 Å². The summed E-state index contributed by atoms with van der Waals surface area (Å²) in [6, 6.07) is 5.41. The van der Waals surface area contributed by atoms with Crippen molar-refractivity contribution in [1.82, 2.24) is 9.29 Å². The van der Waals surface area contributed by atoms with Crippen LogP contribution in [0, 0.1) is 17.1 Å². The second-order valence-corrected chi connectivity index (χ2v) is 7.51. The molecule has 0 radical (unpaired) electrons. The topological polar surface area (TPSA) is 96.2 Å². The summed E-state index contributed by atoms with van der Waals surface area (Å²) in [6.07, 6.45) is 3.14. The number of nitrogens with one attached hydrogen (secondary N) is 2. The van der Waals surface area contributed by atoms with E-state index >= 15 is 0 Å². The number of carbonyl (C=O) groups excluding carboxylic acids is 1. The normalized spacial score (nSPS) is 21.3. The summed E-state index contributed by atoms with van der Waals surface area (Å²) >= 11 is 0. The number of fused-ring (bicyclic) bond motifs is 1. The first kappa shape index (κ1) is 18.8. The maximum atomic E-state index is 13.5. The average molecular weight is 388 g/mol. The van der Waals surface area contributed by atoms with E-state index in [1.54, 1.807) is 32.3 Å². The van der Waals surface area contributed by atoms with Crippen molar-refractivity contribution in [3.05, 3.63) is 54.1 Å². The van der Waals surface area contributed by atoms with Crippen LogP contribution in [0.4, 0.5) is 10.1 Å². The van der Waals surface area contributed by atoms with Gasteiger partial charge in [0, 0.05) is 18.9 Å². The number of aromatic nitrogens is 1. The fourth-order valence-corrected chi connectivity index (χ4v) is 3.86. The van der Waals surface area contributed by atoms with E-state index in [4.69, 9.17) is 10.00 Å². The Balaban J connectivity index is 1.95. The number of hydrogen-bond donors (Lipinski definition) is 2. The molecule has 0 bridgehead atoms. The Bertz CT molecular complexity index is 1010. The van der Waals surface area contributed by atoms with Gasteiger partial charge in [-0.15, -0.1) is 6.58 Å². The highest BCUT2D eigenvalue weighted by molar-refractivity contribution is 7.83. The lowest BCUT2D eigenvalue weighted by Gasteiger charge is -2.23. The average Bonchev–Trinajstić information content (AvgIpc) is 2.92. The van der Waals surface area contributed by atoms with E-state index in [0.717, 1.165) is 6.07 Å². The highest BCUT2D eigenvalue weighted by Crippen LogP contribution is 2.33. The van der Waals surface area contributed by atoms with Gasteiger partial charge in [-0.3, -0.25) is 4.79 Å². The van der Waals surface area contributed by atoms with Crippen molar-refractivity contribution in [2.75, 3.05) is 11.9 Å². The second kappa shape index (κ2) is 6.98. The minimum atomic E-state index is -1.60. The van der Waals surface area contributed by atoms with Crippen LogP contribution < -0.4 is 14.8 Å². The third-order valence-corrected chi connectivity index (χ3v) is 5.50. The molecule has 27 heavy (non-hydrogen) atoms. The predicted octanol–water partition coefficient (Wildman–Crippen LogP) is 2.24. The van der Waals surface area contributed by atoms with Gasteiger partial charge in [0.2, 0.25) is 0 Å². The van der Waals surface area contributed by atoms with Gasteiger partial charge < -0.3 is 14.6 Å². The molecule has 0 aliphatic carbocycles. The molecule has 0 spiro atoms. The van der Waals surface area contributed by atoms with Gasteiger partial charge in [-0.1, -0.05) is 6.08 Å². The van der Waals surface area contributed by atoms with E-state index in [-0.39, 0.29) is 29.3 Å². The zero-order valence-electron chi connectivity index (χ0n) is 14.7. The van der Waals surface area contributed by atoms with E-state index in [1.807, 2.05) is 0 Å². The van der Waals surface area contributed by atoms with Crippen molar-refractivity contribution in [1.29, 1.82) is 5.26 Å². The van der Waals surface area contributed by atoms with Crippen LogP contribution in [0.2, 0.25) is 0 Å². The van der Waals surface area contributed by atoms with Crippen molar-refractivity contribution in [3.8, 4) is 11.8 Å². The zero-order valence-corrected chi connectivity index (χ0v) is 15.5. The molecular formula is C18H17FN4O3S. The third kappa shape index (κ3) is 3.49. The Morgan fingerprint density at radius 2 is 2.33 bits per heavy atom. The quantitative estimate of drug-likeness (QED) is 0.788. The number of carbonyl (C=O) groups is 1. The van der Waals surface area contributed by atoms with Gasteiger partial charge in [-0.2, -0.15) is 5.26 Å². The van der Waals surface area contributed by atoms with Crippen LogP contribution in [-0.2, 0) is 18.0 Å². The van der Waals surface area contributed by atoms with Gasteiger partial charge in [0.1, 0.15) is 34.4 Å². The molecule has 3 rings (SSSR count). The molecule has 1 amide bonds. The van der Waals surface area contributed by atoms with Gasteiger partial charge in [0.25, 0.3) is 5.91 Å². The van der Waals surface area contributed by atoms with E-state index in [2.05, 4.69) is 16.6 Å². The minimum absolute atomic E-state index is 0.134. The predicted molar refractivity (Wildman–Crippen MR) is 98.1 cm³/mol. The zero-order chi connectivity index (χ0) is 19.8. The molecule has 1 aliphatic heterocycles. The summed E-state index contributed by atoms with van der Waals surface area (Å²) in [6.45, 7) is 5.63. The standard InChI is InChI=1S/C18H17FN4O3S/c1-4-18(2)10-26-16-14(27(25)22-18)9-23(3)15(16)17(24)21-12-5-6-13(19)11(7-12)8-20/h4-7,9,22H,1,10H2,2-3H3,(H,21,24)/t18-,27?/m0/s1. The van der Waals surface area contributed by atoms with Crippen LogP contribution in [0.1, 0.15) is 23.0 Å². The second-order valence-electron chi connectivity index (χ2n) is 6.32. The van der Waals surface area contributed by atoms with Crippen LogP contribution in [0.15, 0.2) is 41.9 Å². The monoisotopic (exact) mass is 388 g/mol. The molecule has 1 aromatic heterocycles. The molecule has 0 saturated heterocycles. The molecule has 1 aliphatic rings. The molecular weight excluding hydrogens is 371 g/mol. The fourth-order valence-electron chi connectivity index (χ4n) is 2.61. The smallest absolute Gasteiger partial charge is 0.276 e. The van der Waals surface area contributed by atoms with Gasteiger partial charge in [-0.25, -0.2) is 13.3 Å². The first-order valence-corrected chi connectivity index (χ1v) is 9.09. The summed E-state index contributed by atoms with van der Waals surface area (Å²) in [5.74, 6) is -1.00. The number of benzene rings is 1. The number of rotatable bonds is 3. The number of nitriles is 1. The SMILES string of the molecule is C=C[C@@]1(C)COc2c(cn(C)c2C(=O)Nc2ccc(F)c(C#N)c2)S(=O)N1. The highest BCUT2D eigenvalue weighted by atomic mass is 32.2. The summed E-state index contributed by atoms with van der Waals surface area (Å²) in [4.78, 5) is 13.1. The largest absolute Gasteiger partial charge is 0.487 e. The Labute approximate surface area is 158 Å². The fraction of sp³-hybridized carbons (Fsp3) is 0.222. The van der Waals surface area contributed by atoms with Gasteiger partial charge in [-0.05, 0) is 25.1 Å². The molecule has 0 saturated carbocycles. The number of aryl methyl sites for hydroxylation is 1. The first-order valence-electron chi connectivity index (χ1n) is 7.94. The lowest BCUT2D eigenvalue weighted by atomic mass is 10.1. The summed E-state index contributed by atoms with van der Waals surface area (Å²) < 4.78 is 36.3. The number of hydrogen-bond acceptors (Lipinski definition) is 4. The first-order chi connectivity index (χ1) is 12.8. The Morgan fingerprint density at radius 3 is 3.00 bits per heavy atom.